The van der Waals surface area contributed by atoms with Gasteiger partial charge in [0.2, 0.25) is 0 Å². The Bertz CT molecular complexity index is 841. The smallest absolute Gasteiger partial charge is 0.289 e. The molecule has 0 aromatic heterocycles. The highest BCUT2D eigenvalue weighted by Crippen LogP contribution is 2.54. The Morgan fingerprint density at radius 3 is 2.50 bits per heavy atom. The van der Waals surface area contributed by atoms with Crippen molar-refractivity contribution in [1.82, 2.24) is 15.6 Å². The van der Waals surface area contributed by atoms with Crippen LogP contribution in [0, 0.1) is 0 Å². The number of ketones is 2. The van der Waals surface area contributed by atoms with Crippen LogP contribution in [0.4, 0.5) is 0 Å². The summed E-state index contributed by atoms with van der Waals surface area (Å²) in [7, 11) is 1.55. The van der Waals surface area contributed by atoms with Gasteiger partial charge in [-0.1, -0.05) is 29.6 Å². The van der Waals surface area contributed by atoms with Crippen LogP contribution in [-0.4, -0.2) is 47.1 Å². The van der Waals surface area contributed by atoms with E-state index in [-0.39, 0.29) is 22.0 Å². The highest BCUT2D eigenvalue weighted by atomic mass is 32.2. The molecule has 1 fully saturated rings. The van der Waals surface area contributed by atoms with Crippen molar-refractivity contribution >= 4 is 46.9 Å². The molecule has 9 heteroatoms. The Labute approximate surface area is 159 Å². The number of rotatable bonds is 5. The summed E-state index contributed by atoms with van der Waals surface area (Å²) in [5.41, 5.74) is 3.06. The molecule has 2 amide bonds. The van der Waals surface area contributed by atoms with E-state index in [4.69, 9.17) is 0 Å². The van der Waals surface area contributed by atoms with Crippen LogP contribution in [0.15, 0.2) is 43.9 Å². The van der Waals surface area contributed by atoms with Crippen LogP contribution in [0.25, 0.3) is 0 Å². The number of hydrogen-bond donors (Lipinski definition) is 1. The minimum Gasteiger partial charge on any atom is -0.289 e. The van der Waals surface area contributed by atoms with Gasteiger partial charge in [-0.25, -0.2) is 10.4 Å². The normalized spacial score (nSPS) is 23.2. The highest BCUT2D eigenvalue weighted by Gasteiger charge is 2.45. The van der Waals surface area contributed by atoms with E-state index in [2.05, 4.69) is 12.0 Å². The molecule has 7 nitrogen and oxygen atoms in total. The number of amides is 2. The highest BCUT2D eigenvalue weighted by molar-refractivity contribution is 8.29. The molecule has 3 aliphatic rings. The first-order valence-electron chi connectivity index (χ1n) is 7.96. The third kappa shape index (κ3) is 2.95. The van der Waals surface area contributed by atoms with Gasteiger partial charge in [0.15, 0.2) is 11.6 Å². The molecule has 136 valence electrons. The van der Waals surface area contributed by atoms with Crippen LogP contribution in [0.5, 0.6) is 0 Å². The van der Waals surface area contributed by atoms with Crippen LogP contribution in [0.2, 0.25) is 0 Å². The van der Waals surface area contributed by atoms with E-state index in [9.17, 15) is 19.2 Å². The second-order valence-corrected chi connectivity index (χ2v) is 8.04. The van der Waals surface area contributed by atoms with Crippen LogP contribution in [0.1, 0.15) is 19.8 Å². The van der Waals surface area contributed by atoms with Crippen molar-refractivity contribution in [1.29, 1.82) is 0 Å². The Hall–Kier alpha value is -2.10. The van der Waals surface area contributed by atoms with Gasteiger partial charge in [0, 0.05) is 19.2 Å². The number of unbranched alkanes of at least 4 members (excludes halogenated alkanes) is 1. The fraction of sp³-hybridized carbons (Fsp3) is 0.294. The number of carbonyl (C=O) groups excluding carboxylic acids is 4. The molecule has 1 aliphatic carbocycles. The van der Waals surface area contributed by atoms with Gasteiger partial charge in [-0.05, 0) is 25.8 Å². The summed E-state index contributed by atoms with van der Waals surface area (Å²) in [6, 6.07) is 0. The number of hydrazine groups is 2. The molecule has 26 heavy (non-hydrogen) atoms. The molecule has 0 atom stereocenters. The topological polar surface area (TPSA) is 86.8 Å². The van der Waals surface area contributed by atoms with Crippen LogP contribution >= 0.6 is 23.5 Å². The molecule has 0 bridgehead atoms. The maximum atomic E-state index is 12.8. The van der Waals surface area contributed by atoms with Gasteiger partial charge in [-0.2, -0.15) is 5.12 Å². The Balaban J connectivity index is 1.91. The van der Waals surface area contributed by atoms with Gasteiger partial charge >= 0.3 is 0 Å². The first kappa shape index (κ1) is 18.7. The molecule has 0 spiro atoms. The number of thioether (sulfide) groups is 2. The van der Waals surface area contributed by atoms with Crippen molar-refractivity contribution < 1.29 is 19.2 Å². The summed E-state index contributed by atoms with van der Waals surface area (Å²) in [5, 5.41) is 2.50. The SMILES string of the molecule is C=CCCCN1C(=O)/C(=C2\SC3=C(S2)C(=O)C(C)=CC3=O)C(=O)N1NC. The van der Waals surface area contributed by atoms with E-state index in [0.29, 0.717) is 34.1 Å². The molecule has 1 saturated heterocycles. The maximum absolute atomic E-state index is 12.8. The standard InChI is InChI=1S/C17H17N3O4S2/c1-4-5-6-7-19-15(23)11(16(24)20(19)18-3)17-25-13-10(21)8-9(2)12(22)14(13)26-17/h4,8,18H,1,5-7H2,2-3H3/b17-11-. The van der Waals surface area contributed by atoms with Crippen molar-refractivity contribution in [2.45, 2.75) is 19.8 Å². The molecule has 0 aromatic carbocycles. The first-order chi connectivity index (χ1) is 12.4. The van der Waals surface area contributed by atoms with Crippen molar-refractivity contribution in [3.63, 3.8) is 0 Å². The largest absolute Gasteiger partial charge is 0.294 e. The van der Waals surface area contributed by atoms with E-state index >= 15 is 0 Å². The van der Waals surface area contributed by atoms with E-state index in [1.807, 2.05) is 0 Å². The average molecular weight is 391 g/mol. The summed E-state index contributed by atoms with van der Waals surface area (Å²) in [4.78, 5) is 50.5. The van der Waals surface area contributed by atoms with Gasteiger partial charge in [-0.3, -0.25) is 19.2 Å². The second kappa shape index (κ2) is 7.26. The fourth-order valence-electron chi connectivity index (χ4n) is 2.73. The molecular weight excluding hydrogens is 374 g/mol. The summed E-state index contributed by atoms with van der Waals surface area (Å²) in [6.07, 6.45) is 4.42. The fourth-order valence-corrected chi connectivity index (χ4v) is 5.36. The predicted molar refractivity (Wildman–Crippen MR) is 100 cm³/mol. The van der Waals surface area contributed by atoms with Crippen molar-refractivity contribution in [3.8, 4) is 0 Å². The maximum Gasteiger partial charge on any atom is 0.294 e. The zero-order chi connectivity index (χ0) is 19.0. The molecule has 0 aromatic rings. The molecule has 0 saturated carbocycles. The van der Waals surface area contributed by atoms with Crippen molar-refractivity contribution in [2.24, 2.45) is 0 Å². The minimum atomic E-state index is -0.490. The van der Waals surface area contributed by atoms with Crippen LogP contribution in [0.3, 0.4) is 0 Å². The summed E-state index contributed by atoms with van der Waals surface area (Å²) in [6.45, 7) is 5.58. The monoisotopic (exact) mass is 391 g/mol. The summed E-state index contributed by atoms with van der Waals surface area (Å²) < 4.78 is 0.376. The molecule has 0 radical (unpaired) electrons. The third-order valence-electron chi connectivity index (χ3n) is 4.02. The molecule has 3 rings (SSSR count). The lowest BCUT2D eigenvalue weighted by Crippen LogP contribution is -2.48. The molecule has 2 aliphatic heterocycles. The summed E-state index contributed by atoms with van der Waals surface area (Å²) in [5.74, 6) is -1.43. The van der Waals surface area contributed by atoms with E-state index in [1.165, 1.54) is 16.2 Å². The number of Topliss-reactive ketones (excluding diaryl/α,β-unsaturated/α-hetero) is 1. The van der Waals surface area contributed by atoms with E-state index in [0.717, 1.165) is 23.5 Å². The quantitative estimate of drug-likeness (QED) is 0.251. The lowest BCUT2D eigenvalue weighted by atomic mass is 10.1. The number of nitrogens with zero attached hydrogens (tertiary/aromatic N) is 2. The Kier molecular flexibility index (Phi) is 5.22. The van der Waals surface area contributed by atoms with Crippen LogP contribution < -0.4 is 5.43 Å². The minimum absolute atomic E-state index is 0.0133. The lowest BCUT2D eigenvalue weighted by molar-refractivity contribution is -0.152. The second-order valence-electron chi connectivity index (χ2n) is 5.75. The molecule has 0 unspecified atom stereocenters. The number of allylic oxidation sites excluding steroid dienone is 5. The van der Waals surface area contributed by atoms with Crippen LogP contribution in [-0.2, 0) is 19.2 Å². The first-order valence-corrected chi connectivity index (χ1v) is 9.60. The zero-order valence-electron chi connectivity index (χ0n) is 14.3. The van der Waals surface area contributed by atoms with Gasteiger partial charge in [0.1, 0.15) is 5.57 Å². The van der Waals surface area contributed by atoms with E-state index in [1.54, 1.807) is 20.0 Å². The van der Waals surface area contributed by atoms with Gasteiger partial charge < -0.3 is 0 Å². The lowest BCUT2D eigenvalue weighted by Gasteiger charge is -2.25. The average Bonchev–Trinajstić information content (AvgIpc) is 3.13. The molecular formula is C17H17N3O4S2. The van der Waals surface area contributed by atoms with E-state index < -0.39 is 11.8 Å². The van der Waals surface area contributed by atoms with Gasteiger partial charge in [0.05, 0.1) is 14.0 Å². The van der Waals surface area contributed by atoms with Crippen molar-refractivity contribution in [3.05, 3.63) is 43.9 Å². The number of hydrogen-bond acceptors (Lipinski definition) is 7. The Morgan fingerprint density at radius 2 is 1.85 bits per heavy atom. The zero-order valence-corrected chi connectivity index (χ0v) is 16.0. The molecule has 2 heterocycles. The Morgan fingerprint density at radius 1 is 1.15 bits per heavy atom. The number of nitrogens with one attached hydrogen (secondary N) is 1. The summed E-state index contributed by atoms with van der Waals surface area (Å²) >= 11 is 2.05. The third-order valence-corrected chi connectivity index (χ3v) is 6.63. The van der Waals surface area contributed by atoms with Gasteiger partial charge in [0.25, 0.3) is 11.8 Å². The van der Waals surface area contributed by atoms with Gasteiger partial charge in [-0.15, -0.1) is 6.58 Å². The van der Waals surface area contributed by atoms with Crippen molar-refractivity contribution in [2.75, 3.05) is 13.6 Å². The number of carbonyl (C=O) groups is 4. The molecule has 1 N–H and O–H groups in total. The predicted octanol–water partition coefficient (Wildman–Crippen LogP) is 1.67.